The van der Waals surface area contributed by atoms with Gasteiger partial charge >= 0.3 is 0 Å². The molecular weight excluding hydrogens is 118 g/mol. The van der Waals surface area contributed by atoms with Crippen molar-refractivity contribution < 1.29 is 42.5 Å². The molecule has 0 fully saturated rings. The second kappa shape index (κ2) is 4.88. The van der Waals surface area contributed by atoms with Crippen LogP contribution in [0.15, 0.2) is 0 Å². The maximum Gasteiger partial charge on any atom is 0.219 e. The van der Waals surface area contributed by atoms with Crippen LogP contribution < -0.4 is 5.73 Å². The first kappa shape index (κ1) is 10.7. The van der Waals surface area contributed by atoms with E-state index in [9.17, 15) is 4.79 Å². The first-order chi connectivity index (χ1) is 2.64. The number of rotatable bonds is 1. The predicted octanol–water partition coefficient (Wildman–Crippen LogP) is 0.128. The maximum atomic E-state index is 9.92. The molecule has 3 heteroatoms. The van der Waals surface area contributed by atoms with E-state index >= 15 is 0 Å². The van der Waals surface area contributed by atoms with Crippen molar-refractivity contribution in [1.82, 2.24) is 0 Å². The third-order valence-electron chi connectivity index (χ3n) is 0.569. The summed E-state index contributed by atoms with van der Waals surface area (Å²) < 4.78 is 0. The fourth-order valence-electron chi connectivity index (χ4n) is 0. The van der Waals surface area contributed by atoms with Crippen molar-refractivity contribution in [3.8, 4) is 0 Å². The quantitative estimate of drug-likeness (QED) is 0.534. The molecule has 0 aliphatic rings. The molecule has 0 saturated heterocycles. The molecule has 0 aliphatic heterocycles. The van der Waals surface area contributed by atoms with Crippen LogP contribution in [-0.2, 0) is 4.79 Å². The summed E-state index contributed by atoms with van der Waals surface area (Å²) in [5.74, 6) is -0.250. The van der Waals surface area contributed by atoms with E-state index in [0.717, 1.165) is 0 Å². The van der Waals surface area contributed by atoms with Gasteiger partial charge in [-0.3, -0.25) is 4.79 Å². The average molecular weight is 127 g/mol. The van der Waals surface area contributed by atoms with Gasteiger partial charge in [0, 0.05) is 43.7 Å². The number of nitrogens with two attached hydrogens (primary N) is 1. The minimum absolute atomic E-state index is 0. The molecule has 7 heavy (non-hydrogen) atoms. The van der Waals surface area contributed by atoms with Gasteiger partial charge in [-0.15, -0.1) is 0 Å². The third-order valence-corrected chi connectivity index (χ3v) is 0.569. The molecule has 0 spiro atoms. The summed E-state index contributed by atoms with van der Waals surface area (Å²) in [6.45, 7) is 3.53. The van der Waals surface area contributed by atoms with Crippen molar-refractivity contribution in [3.63, 3.8) is 0 Å². The molecule has 0 aromatic heterocycles. The van der Waals surface area contributed by atoms with Gasteiger partial charge in [-0.25, -0.2) is 0 Å². The van der Waals surface area contributed by atoms with Crippen molar-refractivity contribution in [1.29, 1.82) is 0 Å². The van der Waals surface area contributed by atoms with Gasteiger partial charge in [0.05, 0.1) is 0 Å². The number of hydrogen-bond donors (Lipinski definition) is 1. The molecule has 2 nitrogen and oxygen atoms in total. The number of carbonyl (C=O) groups excluding carboxylic acids is 1. The Morgan fingerprint density at radius 2 is 1.71 bits per heavy atom. The van der Waals surface area contributed by atoms with E-state index in [1.165, 1.54) is 0 Å². The van der Waals surface area contributed by atoms with Crippen LogP contribution in [0.2, 0.25) is 0 Å². The Bertz CT molecular complexity index is 62.7. The largest absolute Gasteiger partial charge is 0.369 e. The molecule has 0 bridgehead atoms. The summed E-state index contributed by atoms with van der Waals surface area (Å²) in [5.41, 5.74) is 4.80. The van der Waals surface area contributed by atoms with E-state index in [4.69, 9.17) is 5.73 Å². The Balaban J connectivity index is 0. The second-order valence-corrected chi connectivity index (χ2v) is 1.56. The van der Waals surface area contributed by atoms with E-state index in [0.29, 0.717) is 0 Å². The van der Waals surface area contributed by atoms with Crippen molar-refractivity contribution in [2.45, 2.75) is 13.8 Å². The fraction of sp³-hybridized carbons (Fsp3) is 0.750. The van der Waals surface area contributed by atoms with Crippen LogP contribution in [0.5, 0.6) is 0 Å². The Morgan fingerprint density at radius 3 is 1.71 bits per heavy atom. The van der Waals surface area contributed by atoms with Crippen LogP contribution in [0.3, 0.4) is 0 Å². The SMILES string of the molecule is CC(C)C(N)=O.[Ar]. The molecule has 0 unspecified atom stereocenters. The standard InChI is InChI=1S/C4H9NO.Ar/c1-3(2)4(5)6;/h3H,1-2H3,(H2,5,6);. The molecule has 1 amide bonds. The minimum Gasteiger partial charge on any atom is -0.369 e. The molecule has 0 saturated carbocycles. The van der Waals surface area contributed by atoms with Gasteiger partial charge in [0.2, 0.25) is 5.91 Å². The van der Waals surface area contributed by atoms with Crippen LogP contribution in [0.1, 0.15) is 13.8 Å². The van der Waals surface area contributed by atoms with Crippen LogP contribution in [0.25, 0.3) is 0 Å². The van der Waals surface area contributed by atoms with Crippen molar-refractivity contribution in [3.05, 3.63) is 0 Å². The molecule has 0 atom stereocenters. The van der Waals surface area contributed by atoms with Crippen molar-refractivity contribution in [2.24, 2.45) is 11.7 Å². The summed E-state index contributed by atoms with van der Waals surface area (Å²) in [7, 11) is 0. The van der Waals surface area contributed by atoms with Crippen LogP contribution in [-0.4, -0.2) is 5.91 Å². The van der Waals surface area contributed by atoms with Gasteiger partial charge in [0.1, 0.15) is 0 Å². The summed E-state index contributed by atoms with van der Waals surface area (Å²) in [6.07, 6.45) is 0. The first-order valence-corrected chi connectivity index (χ1v) is 1.94. The molecule has 0 aromatic carbocycles. The molecule has 0 aromatic rings. The van der Waals surface area contributed by atoms with E-state index in [2.05, 4.69) is 0 Å². The van der Waals surface area contributed by atoms with E-state index in [1.54, 1.807) is 13.8 Å². The fourth-order valence-corrected chi connectivity index (χ4v) is 0. The number of hydrogen-bond acceptors (Lipinski definition) is 1. The molecule has 0 aliphatic carbocycles. The smallest absolute Gasteiger partial charge is 0.219 e. The van der Waals surface area contributed by atoms with Crippen molar-refractivity contribution >= 4 is 5.91 Å². The van der Waals surface area contributed by atoms with Gasteiger partial charge < -0.3 is 5.73 Å². The molecule has 44 valence electrons. The molecular formula is C4H9ArNO. The van der Waals surface area contributed by atoms with E-state index < -0.39 is 0 Å². The first-order valence-electron chi connectivity index (χ1n) is 1.94. The molecule has 0 radical (unpaired) electrons. The Labute approximate surface area is 73.5 Å². The monoisotopic (exact) mass is 127 g/mol. The molecule has 2 N–H and O–H groups in total. The summed E-state index contributed by atoms with van der Waals surface area (Å²) in [4.78, 5) is 9.92. The van der Waals surface area contributed by atoms with E-state index in [1.807, 2.05) is 0 Å². The van der Waals surface area contributed by atoms with E-state index in [-0.39, 0.29) is 49.6 Å². The topological polar surface area (TPSA) is 43.1 Å². The maximum absolute atomic E-state index is 9.92. The van der Waals surface area contributed by atoms with Crippen LogP contribution in [0.4, 0.5) is 0 Å². The van der Waals surface area contributed by atoms with Gasteiger partial charge in [0.15, 0.2) is 0 Å². The zero-order chi connectivity index (χ0) is 5.15. The Morgan fingerprint density at radius 1 is 1.57 bits per heavy atom. The van der Waals surface area contributed by atoms with Gasteiger partial charge in [-0.2, -0.15) is 0 Å². The Kier molecular flexibility index (Phi) is 7.43. The van der Waals surface area contributed by atoms with Crippen LogP contribution in [0, 0.1) is 43.7 Å². The zero-order valence-electron chi connectivity index (χ0n) is 4.42. The summed E-state index contributed by atoms with van der Waals surface area (Å²) in [6, 6.07) is 0. The normalized spacial score (nSPS) is 7.86. The van der Waals surface area contributed by atoms with Crippen LogP contribution >= 0.6 is 0 Å². The van der Waals surface area contributed by atoms with Gasteiger partial charge in [-0.05, 0) is 0 Å². The minimum atomic E-state index is -0.241. The van der Waals surface area contributed by atoms with Crippen molar-refractivity contribution in [2.75, 3.05) is 0 Å². The number of carbonyl (C=O) groups is 1. The third kappa shape index (κ3) is 6.73. The Hall–Kier alpha value is 0.730. The zero-order valence-corrected chi connectivity index (χ0v) is 5.12. The van der Waals surface area contributed by atoms with Gasteiger partial charge in [0.25, 0.3) is 0 Å². The summed E-state index contributed by atoms with van der Waals surface area (Å²) >= 11 is 0. The second-order valence-electron chi connectivity index (χ2n) is 1.56. The summed E-state index contributed by atoms with van der Waals surface area (Å²) in [5, 5.41) is 0. The number of amides is 1. The molecule has 0 heterocycles. The molecule has 0 rings (SSSR count). The average Bonchev–Trinajstić information content (AvgIpc) is 1.36. The van der Waals surface area contributed by atoms with Gasteiger partial charge in [-0.1, -0.05) is 13.8 Å². The number of primary amides is 1. The predicted molar refractivity (Wildman–Crippen MR) is 24.0 cm³/mol.